The van der Waals surface area contributed by atoms with Crippen molar-refractivity contribution in [2.24, 2.45) is 0 Å². The first-order chi connectivity index (χ1) is 14.5. The normalized spacial score (nSPS) is 15.9. The maximum atomic E-state index is 13.1. The van der Waals surface area contributed by atoms with E-state index in [1.54, 1.807) is 34.1 Å². The standard InChI is InChI=1S/C24H20N2O4/c1-2-23(29)25-11-16(12-25)26-13-21-20(24(26)30)8-15(9-22(21)28)19-10-17(27)7-14-5-3-4-6-18(14)19/h2-10,16,27-28H,1,11-13H2. The number of carbonyl (C=O) groups is 2. The van der Waals surface area contributed by atoms with Crippen molar-refractivity contribution in [1.82, 2.24) is 9.80 Å². The van der Waals surface area contributed by atoms with E-state index in [2.05, 4.69) is 6.58 Å². The van der Waals surface area contributed by atoms with Crippen LogP contribution in [0.4, 0.5) is 0 Å². The minimum absolute atomic E-state index is 0.0594. The predicted octanol–water partition coefficient (Wildman–Crippen LogP) is 3.27. The van der Waals surface area contributed by atoms with E-state index in [1.165, 1.54) is 6.08 Å². The Kier molecular flexibility index (Phi) is 4.03. The molecule has 0 aliphatic carbocycles. The molecule has 3 aromatic carbocycles. The first-order valence-electron chi connectivity index (χ1n) is 9.76. The van der Waals surface area contributed by atoms with Crippen molar-refractivity contribution in [2.75, 3.05) is 13.1 Å². The molecule has 0 bridgehead atoms. The van der Waals surface area contributed by atoms with Gasteiger partial charge in [-0.1, -0.05) is 30.8 Å². The van der Waals surface area contributed by atoms with E-state index >= 15 is 0 Å². The molecule has 0 aromatic heterocycles. The number of amides is 2. The van der Waals surface area contributed by atoms with Crippen LogP contribution in [0.25, 0.3) is 21.9 Å². The number of phenolic OH excluding ortho intramolecular Hbond substituents is 2. The Balaban J connectivity index is 1.51. The molecule has 2 aliphatic heterocycles. The van der Waals surface area contributed by atoms with Crippen LogP contribution in [-0.2, 0) is 11.3 Å². The van der Waals surface area contributed by atoms with Gasteiger partial charge in [0.25, 0.3) is 5.91 Å². The lowest BCUT2D eigenvalue weighted by molar-refractivity contribution is -0.132. The summed E-state index contributed by atoms with van der Waals surface area (Å²) >= 11 is 0. The smallest absolute Gasteiger partial charge is 0.255 e. The van der Waals surface area contributed by atoms with Gasteiger partial charge < -0.3 is 20.0 Å². The fraction of sp³-hybridized carbons (Fsp3) is 0.167. The van der Waals surface area contributed by atoms with Crippen LogP contribution in [0.2, 0.25) is 0 Å². The molecule has 2 aliphatic rings. The predicted molar refractivity (Wildman–Crippen MR) is 113 cm³/mol. The van der Waals surface area contributed by atoms with Crippen molar-refractivity contribution >= 4 is 22.6 Å². The molecule has 2 amide bonds. The van der Waals surface area contributed by atoms with Gasteiger partial charge in [-0.25, -0.2) is 0 Å². The zero-order valence-electron chi connectivity index (χ0n) is 16.2. The molecule has 0 atom stereocenters. The zero-order chi connectivity index (χ0) is 21.0. The third kappa shape index (κ3) is 2.72. The second-order valence-corrected chi connectivity index (χ2v) is 7.77. The van der Waals surface area contributed by atoms with Gasteiger partial charge in [0.1, 0.15) is 11.5 Å². The lowest BCUT2D eigenvalue weighted by Crippen LogP contribution is -2.60. The molecular formula is C24H20N2O4. The Morgan fingerprint density at radius 2 is 1.83 bits per heavy atom. The topological polar surface area (TPSA) is 81.1 Å². The number of phenols is 2. The summed E-state index contributed by atoms with van der Waals surface area (Å²) < 4.78 is 0. The molecule has 150 valence electrons. The Hall–Kier alpha value is -3.80. The first kappa shape index (κ1) is 18.2. The number of fused-ring (bicyclic) bond motifs is 2. The summed E-state index contributed by atoms with van der Waals surface area (Å²) in [5, 5.41) is 22.6. The minimum Gasteiger partial charge on any atom is -0.508 e. The zero-order valence-corrected chi connectivity index (χ0v) is 16.2. The molecule has 2 heterocycles. The molecule has 6 heteroatoms. The summed E-state index contributed by atoms with van der Waals surface area (Å²) in [6.07, 6.45) is 1.27. The SMILES string of the molecule is C=CC(=O)N1CC(N2Cc3c(O)cc(-c4cc(O)cc5ccccc45)cc3C2=O)C1. The summed E-state index contributed by atoms with van der Waals surface area (Å²) in [7, 11) is 0. The molecule has 1 fully saturated rings. The summed E-state index contributed by atoms with van der Waals surface area (Å²) in [6, 6.07) is 14.3. The summed E-state index contributed by atoms with van der Waals surface area (Å²) in [4.78, 5) is 28.1. The average Bonchev–Trinajstić information content (AvgIpc) is 3.03. The van der Waals surface area contributed by atoms with E-state index in [4.69, 9.17) is 0 Å². The maximum Gasteiger partial charge on any atom is 0.255 e. The Bertz CT molecular complexity index is 1230. The fourth-order valence-electron chi connectivity index (χ4n) is 4.36. The van der Waals surface area contributed by atoms with E-state index in [0.29, 0.717) is 36.3 Å². The lowest BCUT2D eigenvalue weighted by Gasteiger charge is -2.43. The lowest BCUT2D eigenvalue weighted by atomic mass is 9.95. The highest BCUT2D eigenvalue weighted by molar-refractivity contribution is 6.03. The molecule has 6 nitrogen and oxygen atoms in total. The van der Waals surface area contributed by atoms with Crippen LogP contribution in [0, 0.1) is 0 Å². The van der Waals surface area contributed by atoms with Crippen LogP contribution < -0.4 is 0 Å². The van der Waals surface area contributed by atoms with Gasteiger partial charge in [-0.05, 0) is 52.2 Å². The highest BCUT2D eigenvalue weighted by Crippen LogP contribution is 2.40. The number of nitrogens with zero attached hydrogens (tertiary/aromatic N) is 2. The van der Waals surface area contributed by atoms with E-state index in [-0.39, 0.29) is 29.4 Å². The van der Waals surface area contributed by atoms with Crippen molar-refractivity contribution in [3.63, 3.8) is 0 Å². The van der Waals surface area contributed by atoms with Crippen LogP contribution in [0.3, 0.4) is 0 Å². The fourth-order valence-corrected chi connectivity index (χ4v) is 4.36. The first-order valence-corrected chi connectivity index (χ1v) is 9.76. The quantitative estimate of drug-likeness (QED) is 0.662. The van der Waals surface area contributed by atoms with Gasteiger partial charge in [0.05, 0.1) is 12.6 Å². The third-order valence-corrected chi connectivity index (χ3v) is 5.99. The highest BCUT2D eigenvalue weighted by Gasteiger charge is 2.41. The number of rotatable bonds is 3. The second-order valence-electron chi connectivity index (χ2n) is 7.77. The van der Waals surface area contributed by atoms with Crippen LogP contribution in [-0.4, -0.2) is 51.0 Å². The molecule has 5 rings (SSSR count). The average molecular weight is 400 g/mol. The van der Waals surface area contributed by atoms with Crippen LogP contribution in [0.15, 0.2) is 61.2 Å². The molecule has 3 aromatic rings. The monoisotopic (exact) mass is 400 g/mol. The molecule has 0 unspecified atom stereocenters. The number of hydrogen-bond donors (Lipinski definition) is 2. The second kappa shape index (κ2) is 6.62. The molecule has 0 saturated carbocycles. The Morgan fingerprint density at radius 3 is 2.60 bits per heavy atom. The van der Waals surface area contributed by atoms with Gasteiger partial charge in [0.15, 0.2) is 0 Å². The van der Waals surface area contributed by atoms with Crippen molar-refractivity contribution < 1.29 is 19.8 Å². The van der Waals surface area contributed by atoms with Gasteiger partial charge in [-0.2, -0.15) is 0 Å². The van der Waals surface area contributed by atoms with Gasteiger partial charge in [0, 0.05) is 24.2 Å². The number of benzene rings is 3. The van der Waals surface area contributed by atoms with Crippen molar-refractivity contribution in [3.8, 4) is 22.6 Å². The van der Waals surface area contributed by atoms with Gasteiger partial charge in [-0.3, -0.25) is 9.59 Å². The Labute approximate surface area is 173 Å². The maximum absolute atomic E-state index is 13.1. The molecule has 0 radical (unpaired) electrons. The van der Waals surface area contributed by atoms with E-state index < -0.39 is 0 Å². The van der Waals surface area contributed by atoms with Gasteiger partial charge >= 0.3 is 0 Å². The number of likely N-dealkylation sites (tertiary alicyclic amines) is 1. The van der Waals surface area contributed by atoms with Crippen molar-refractivity contribution in [2.45, 2.75) is 12.6 Å². The van der Waals surface area contributed by atoms with Gasteiger partial charge in [0.2, 0.25) is 5.91 Å². The number of aromatic hydroxyl groups is 2. The summed E-state index contributed by atoms with van der Waals surface area (Å²) in [5.41, 5.74) is 2.49. The van der Waals surface area contributed by atoms with Gasteiger partial charge in [-0.15, -0.1) is 0 Å². The molecule has 0 spiro atoms. The summed E-state index contributed by atoms with van der Waals surface area (Å²) in [5.74, 6) is -0.110. The molecule has 2 N–H and O–H groups in total. The summed E-state index contributed by atoms with van der Waals surface area (Å²) in [6.45, 7) is 4.75. The highest BCUT2D eigenvalue weighted by atomic mass is 16.3. The van der Waals surface area contributed by atoms with E-state index in [1.807, 2.05) is 24.3 Å². The molecule has 30 heavy (non-hydrogen) atoms. The van der Waals surface area contributed by atoms with E-state index in [0.717, 1.165) is 16.3 Å². The van der Waals surface area contributed by atoms with Crippen LogP contribution in [0.5, 0.6) is 11.5 Å². The third-order valence-electron chi connectivity index (χ3n) is 5.99. The Morgan fingerprint density at radius 1 is 1.07 bits per heavy atom. The molecule has 1 saturated heterocycles. The minimum atomic E-state index is -0.151. The van der Waals surface area contributed by atoms with Crippen molar-refractivity contribution in [3.05, 3.63) is 72.3 Å². The number of carbonyl (C=O) groups excluding carboxylic acids is 2. The van der Waals surface area contributed by atoms with Crippen LogP contribution >= 0.6 is 0 Å². The van der Waals surface area contributed by atoms with E-state index in [9.17, 15) is 19.8 Å². The largest absolute Gasteiger partial charge is 0.508 e. The van der Waals surface area contributed by atoms with Crippen molar-refractivity contribution in [1.29, 1.82) is 0 Å². The number of hydrogen-bond acceptors (Lipinski definition) is 4. The van der Waals surface area contributed by atoms with Crippen LogP contribution in [0.1, 0.15) is 15.9 Å². The molecular weight excluding hydrogens is 380 g/mol.